The summed E-state index contributed by atoms with van der Waals surface area (Å²) in [5.41, 5.74) is 3.74. The van der Waals surface area contributed by atoms with Gasteiger partial charge in [0.25, 0.3) is 0 Å². The van der Waals surface area contributed by atoms with Gasteiger partial charge in [0.15, 0.2) is 0 Å². The van der Waals surface area contributed by atoms with Gasteiger partial charge in [0.1, 0.15) is 0 Å². The Morgan fingerprint density at radius 3 is 2.60 bits per heavy atom. The van der Waals surface area contributed by atoms with E-state index in [2.05, 4.69) is 37.4 Å². The molecule has 1 aliphatic rings. The van der Waals surface area contributed by atoms with Crippen molar-refractivity contribution in [1.29, 1.82) is 0 Å². The van der Waals surface area contributed by atoms with Crippen molar-refractivity contribution in [3.63, 3.8) is 0 Å². The maximum atomic E-state index is 9.71. The van der Waals surface area contributed by atoms with E-state index in [4.69, 9.17) is 0 Å². The van der Waals surface area contributed by atoms with Gasteiger partial charge < -0.3 is 10.4 Å². The van der Waals surface area contributed by atoms with E-state index in [1.54, 1.807) is 0 Å². The molecular formula is C13H19NO. The molecule has 15 heavy (non-hydrogen) atoms. The Morgan fingerprint density at radius 1 is 1.20 bits per heavy atom. The second-order valence-electron chi connectivity index (χ2n) is 4.55. The first-order chi connectivity index (χ1) is 7.16. The Kier molecular flexibility index (Phi) is 2.96. The van der Waals surface area contributed by atoms with Crippen LogP contribution in [0.25, 0.3) is 0 Å². The molecule has 0 aliphatic heterocycles. The maximum absolute atomic E-state index is 9.71. The fourth-order valence-electron chi connectivity index (χ4n) is 2.15. The first-order valence-corrected chi connectivity index (χ1v) is 5.68. The van der Waals surface area contributed by atoms with Crippen LogP contribution in [0, 0.1) is 13.8 Å². The second-order valence-corrected chi connectivity index (χ2v) is 4.55. The van der Waals surface area contributed by atoms with Gasteiger partial charge >= 0.3 is 0 Å². The van der Waals surface area contributed by atoms with E-state index in [9.17, 15) is 5.11 Å². The third kappa shape index (κ3) is 2.32. The molecule has 1 aromatic carbocycles. The van der Waals surface area contributed by atoms with Crippen LogP contribution in [0.1, 0.15) is 30.4 Å². The molecule has 0 saturated heterocycles. The van der Waals surface area contributed by atoms with E-state index in [1.165, 1.54) is 11.1 Å². The zero-order valence-corrected chi connectivity index (χ0v) is 9.46. The van der Waals surface area contributed by atoms with Crippen molar-refractivity contribution in [1.82, 2.24) is 0 Å². The van der Waals surface area contributed by atoms with Crippen LogP contribution in [0.15, 0.2) is 18.2 Å². The summed E-state index contributed by atoms with van der Waals surface area (Å²) >= 11 is 0. The van der Waals surface area contributed by atoms with E-state index in [-0.39, 0.29) is 12.1 Å². The predicted molar refractivity (Wildman–Crippen MR) is 63.2 cm³/mol. The summed E-state index contributed by atoms with van der Waals surface area (Å²) in [7, 11) is 0. The first kappa shape index (κ1) is 10.5. The number of hydrogen-bond donors (Lipinski definition) is 2. The number of rotatable bonds is 2. The zero-order valence-electron chi connectivity index (χ0n) is 9.46. The van der Waals surface area contributed by atoms with Gasteiger partial charge in [-0.1, -0.05) is 6.07 Å². The van der Waals surface area contributed by atoms with Gasteiger partial charge in [-0.3, -0.25) is 0 Å². The Labute approximate surface area is 91.3 Å². The monoisotopic (exact) mass is 205 g/mol. The molecule has 0 spiro atoms. The van der Waals surface area contributed by atoms with E-state index in [0.29, 0.717) is 0 Å². The van der Waals surface area contributed by atoms with Gasteiger partial charge in [-0.25, -0.2) is 0 Å². The summed E-state index contributed by atoms with van der Waals surface area (Å²) in [5, 5.41) is 13.1. The lowest BCUT2D eigenvalue weighted by molar-refractivity contribution is 0.172. The van der Waals surface area contributed by atoms with Crippen LogP contribution in [0.3, 0.4) is 0 Å². The van der Waals surface area contributed by atoms with Crippen molar-refractivity contribution in [3.05, 3.63) is 29.3 Å². The molecule has 2 atom stereocenters. The van der Waals surface area contributed by atoms with Gasteiger partial charge in [0, 0.05) is 5.69 Å². The molecule has 0 bridgehead atoms. The van der Waals surface area contributed by atoms with Crippen molar-refractivity contribution in [3.8, 4) is 0 Å². The largest absolute Gasteiger partial charge is 0.391 e. The summed E-state index contributed by atoms with van der Waals surface area (Å²) < 4.78 is 0. The lowest BCUT2D eigenvalue weighted by Crippen LogP contribution is -2.27. The van der Waals surface area contributed by atoms with Crippen molar-refractivity contribution in [2.24, 2.45) is 0 Å². The molecule has 2 nitrogen and oxygen atoms in total. The lowest BCUT2D eigenvalue weighted by atomic mass is 10.1. The topological polar surface area (TPSA) is 32.3 Å². The Morgan fingerprint density at radius 2 is 2.00 bits per heavy atom. The molecule has 1 aliphatic carbocycles. The molecule has 0 aromatic heterocycles. The summed E-state index contributed by atoms with van der Waals surface area (Å²) in [6.07, 6.45) is 2.96. The molecule has 0 heterocycles. The standard InChI is InChI=1S/C13H19NO/c1-9-6-7-11(8-10(9)2)14-12-4-3-5-13(12)15/h6-8,12-15H,3-5H2,1-2H3. The smallest absolute Gasteiger partial charge is 0.0741 e. The number of hydrogen-bond acceptors (Lipinski definition) is 2. The van der Waals surface area contributed by atoms with E-state index < -0.39 is 0 Å². The van der Waals surface area contributed by atoms with Gasteiger partial charge in [-0.2, -0.15) is 0 Å². The minimum atomic E-state index is -0.174. The van der Waals surface area contributed by atoms with Crippen LogP contribution in [0.5, 0.6) is 0 Å². The number of nitrogens with one attached hydrogen (secondary N) is 1. The minimum absolute atomic E-state index is 0.174. The number of aliphatic hydroxyl groups is 1. The molecule has 1 fully saturated rings. The fraction of sp³-hybridized carbons (Fsp3) is 0.538. The molecule has 0 radical (unpaired) electrons. The maximum Gasteiger partial charge on any atom is 0.0741 e. The number of benzene rings is 1. The van der Waals surface area contributed by atoms with Crippen molar-refractivity contribution >= 4 is 5.69 Å². The third-order valence-corrected chi connectivity index (χ3v) is 3.34. The summed E-state index contributed by atoms with van der Waals surface area (Å²) in [5.74, 6) is 0. The summed E-state index contributed by atoms with van der Waals surface area (Å²) in [6, 6.07) is 6.61. The highest BCUT2D eigenvalue weighted by Crippen LogP contribution is 2.23. The molecule has 2 N–H and O–H groups in total. The quantitative estimate of drug-likeness (QED) is 0.778. The van der Waals surface area contributed by atoms with Gasteiger partial charge in [-0.15, -0.1) is 0 Å². The SMILES string of the molecule is Cc1ccc(NC2CCCC2O)cc1C. The zero-order chi connectivity index (χ0) is 10.8. The summed E-state index contributed by atoms with van der Waals surface area (Å²) in [4.78, 5) is 0. The van der Waals surface area contributed by atoms with Crippen LogP contribution < -0.4 is 5.32 Å². The molecule has 2 rings (SSSR count). The Bertz CT molecular complexity index is 348. The normalized spacial score (nSPS) is 25.5. The average molecular weight is 205 g/mol. The van der Waals surface area contributed by atoms with Crippen molar-refractivity contribution in [2.75, 3.05) is 5.32 Å². The minimum Gasteiger partial charge on any atom is -0.391 e. The van der Waals surface area contributed by atoms with Crippen molar-refractivity contribution in [2.45, 2.75) is 45.3 Å². The first-order valence-electron chi connectivity index (χ1n) is 5.68. The van der Waals surface area contributed by atoms with Crippen molar-refractivity contribution < 1.29 is 5.11 Å². The molecule has 2 unspecified atom stereocenters. The van der Waals surface area contributed by atoms with Crippen LogP contribution in [0.2, 0.25) is 0 Å². The summed E-state index contributed by atoms with van der Waals surface area (Å²) in [6.45, 7) is 4.23. The molecular weight excluding hydrogens is 186 g/mol. The Balaban J connectivity index is 2.07. The number of aliphatic hydroxyl groups excluding tert-OH is 1. The highest BCUT2D eigenvalue weighted by molar-refractivity contribution is 5.49. The van der Waals surface area contributed by atoms with Crippen LogP contribution in [-0.2, 0) is 0 Å². The molecule has 1 aromatic rings. The fourth-order valence-corrected chi connectivity index (χ4v) is 2.15. The van der Waals surface area contributed by atoms with Crippen LogP contribution >= 0.6 is 0 Å². The third-order valence-electron chi connectivity index (χ3n) is 3.34. The van der Waals surface area contributed by atoms with E-state index in [0.717, 1.165) is 24.9 Å². The molecule has 0 amide bonds. The molecule has 2 heteroatoms. The van der Waals surface area contributed by atoms with Gasteiger partial charge in [0.05, 0.1) is 12.1 Å². The number of aryl methyl sites for hydroxylation is 2. The predicted octanol–water partition coefficient (Wildman–Crippen LogP) is 2.63. The van der Waals surface area contributed by atoms with E-state index >= 15 is 0 Å². The lowest BCUT2D eigenvalue weighted by Gasteiger charge is -2.18. The molecule has 1 saturated carbocycles. The highest BCUT2D eigenvalue weighted by atomic mass is 16.3. The van der Waals surface area contributed by atoms with Gasteiger partial charge in [0.2, 0.25) is 0 Å². The second kappa shape index (κ2) is 4.23. The van der Waals surface area contributed by atoms with Crippen LogP contribution in [-0.4, -0.2) is 17.3 Å². The van der Waals surface area contributed by atoms with Gasteiger partial charge in [-0.05, 0) is 56.4 Å². The van der Waals surface area contributed by atoms with Crippen LogP contribution in [0.4, 0.5) is 5.69 Å². The Hall–Kier alpha value is -1.02. The highest BCUT2D eigenvalue weighted by Gasteiger charge is 2.24. The average Bonchev–Trinajstić information content (AvgIpc) is 2.59. The number of anilines is 1. The van der Waals surface area contributed by atoms with E-state index in [1.807, 2.05) is 0 Å². The molecule has 82 valence electrons.